The van der Waals surface area contributed by atoms with E-state index in [0.717, 1.165) is 18.3 Å². The van der Waals surface area contributed by atoms with Gasteiger partial charge in [0.05, 0.1) is 12.3 Å². The van der Waals surface area contributed by atoms with Crippen molar-refractivity contribution in [2.45, 2.75) is 46.3 Å². The molecule has 0 radical (unpaired) electrons. The van der Waals surface area contributed by atoms with Crippen LogP contribution in [0.2, 0.25) is 25.7 Å². The SMILES string of the molecule is CCOC(=O)c1nc(C)cn1COCC[Si](C)(C)C. The quantitative estimate of drug-likeness (QED) is 0.439. The van der Waals surface area contributed by atoms with Gasteiger partial charge >= 0.3 is 5.97 Å². The van der Waals surface area contributed by atoms with E-state index in [9.17, 15) is 4.79 Å². The summed E-state index contributed by atoms with van der Waals surface area (Å²) in [6, 6.07) is 1.11. The first-order chi connectivity index (χ1) is 8.83. The van der Waals surface area contributed by atoms with Crippen molar-refractivity contribution in [3.8, 4) is 0 Å². The summed E-state index contributed by atoms with van der Waals surface area (Å²) in [7, 11) is -1.08. The molecular formula is C13H24N2O3Si. The smallest absolute Gasteiger partial charge is 0.374 e. The lowest BCUT2D eigenvalue weighted by Gasteiger charge is -2.15. The van der Waals surface area contributed by atoms with Gasteiger partial charge in [-0.05, 0) is 19.9 Å². The monoisotopic (exact) mass is 284 g/mol. The average molecular weight is 284 g/mol. The lowest BCUT2D eigenvalue weighted by molar-refractivity contribution is 0.0464. The minimum atomic E-state index is -1.08. The predicted molar refractivity (Wildman–Crippen MR) is 77.0 cm³/mol. The first-order valence-corrected chi connectivity index (χ1v) is 10.3. The van der Waals surface area contributed by atoms with Gasteiger partial charge in [-0.3, -0.25) is 0 Å². The molecule has 0 spiro atoms. The second-order valence-electron chi connectivity index (χ2n) is 5.74. The van der Waals surface area contributed by atoms with E-state index < -0.39 is 14.0 Å². The van der Waals surface area contributed by atoms with Crippen LogP contribution >= 0.6 is 0 Å². The second kappa shape index (κ2) is 6.86. The molecule has 1 rings (SSSR count). The Kier molecular flexibility index (Phi) is 5.75. The van der Waals surface area contributed by atoms with Gasteiger partial charge in [-0.25, -0.2) is 9.78 Å². The van der Waals surface area contributed by atoms with Gasteiger partial charge in [0.15, 0.2) is 0 Å². The summed E-state index contributed by atoms with van der Waals surface area (Å²) in [6.07, 6.45) is 1.81. The third kappa shape index (κ3) is 5.57. The summed E-state index contributed by atoms with van der Waals surface area (Å²) in [5.41, 5.74) is 0.789. The van der Waals surface area contributed by atoms with Crippen LogP contribution in [0.5, 0.6) is 0 Å². The first-order valence-electron chi connectivity index (χ1n) is 6.62. The average Bonchev–Trinajstić information content (AvgIpc) is 2.65. The fourth-order valence-corrected chi connectivity index (χ4v) is 2.30. The van der Waals surface area contributed by atoms with Crippen LogP contribution in [0, 0.1) is 6.92 Å². The molecule has 0 N–H and O–H groups in total. The van der Waals surface area contributed by atoms with E-state index in [1.165, 1.54) is 0 Å². The van der Waals surface area contributed by atoms with Crippen molar-refractivity contribution in [1.29, 1.82) is 0 Å². The van der Waals surface area contributed by atoms with Crippen molar-refractivity contribution in [2.75, 3.05) is 13.2 Å². The second-order valence-corrected chi connectivity index (χ2v) is 11.4. The summed E-state index contributed by atoms with van der Waals surface area (Å²) in [5, 5.41) is 0. The fourth-order valence-electron chi connectivity index (χ4n) is 1.55. The minimum Gasteiger partial charge on any atom is -0.460 e. The standard InChI is InChI=1S/C13H24N2O3Si/c1-6-18-13(16)12-14-11(2)9-15(12)10-17-7-8-19(3,4)5/h9H,6-8,10H2,1-5H3. The number of aromatic nitrogens is 2. The Balaban J connectivity index is 2.56. The van der Waals surface area contributed by atoms with Crippen molar-refractivity contribution >= 4 is 14.0 Å². The molecule has 1 aromatic rings. The highest BCUT2D eigenvalue weighted by Crippen LogP contribution is 2.09. The van der Waals surface area contributed by atoms with Gasteiger partial charge in [-0.2, -0.15) is 0 Å². The number of carbonyl (C=O) groups is 1. The highest BCUT2D eigenvalue weighted by Gasteiger charge is 2.16. The topological polar surface area (TPSA) is 53.3 Å². The Morgan fingerprint density at radius 2 is 2.11 bits per heavy atom. The fraction of sp³-hybridized carbons (Fsp3) is 0.692. The van der Waals surface area contributed by atoms with Gasteiger partial charge in [0.2, 0.25) is 5.82 Å². The maximum absolute atomic E-state index is 11.7. The zero-order valence-electron chi connectivity index (χ0n) is 12.5. The first kappa shape index (κ1) is 15.9. The molecule has 0 unspecified atom stereocenters. The maximum atomic E-state index is 11.7. The Labute approximate surface area is 115 Å². The molecule has 5 nitrogen and oxygen atoms in total. The summed E-state index contributed by atoms with van der Waals surface area (Å²) in [6.45, 7) is 12.0. The Hall–Kier alpha value is -1.14. The molecule has 0 amide bonds. The van der Waals surface area contributed by atoms with Crippen LogP contribution in [0.25, 0.3) is 0 Å². The number of aryl methyl sites for hydroxylation is 1. The Morgan fingerprint density at radius 1 is 1.42 bits per heavy atom. The third-order valence-electron chi connectivity index (χ3n) is 2.58. The summed E-state index contributed by atoms with van der Waals surface area (Å²) < 4.78 is 12.3. The van der Waals surface area contributed by atoms with Gasteiger partial charge in [0.1, 0.15) is 6.73 Å². The normalized spacial score (nSPS) is 11.6. The lowest BCUT2D eigenvalue weighted by Crippen LogP contribution is -2.22. The van der Waals surface area contributed by atoms with Crippen LogP contribution in [0.1, 0.15) is 23.2 Å². The minimum absolute atomic E-state index is 0.312. The summed E-state index contributed by atoms with van der Waals surface area (Å²) >= 11 is 0. The van der Waals surface area contributed by atoms with Crippen molar-refractivity contribution < 1.29 is 14.3 Å². The highest BCUT2D eigenvalue weighted by molar-refractivity contribution is 6.76. The summed E-state index contributed by atoms with van der Waals surface area (Å²) in [5.74, 6) is -0.0863. The van der Waals surface area contributed by atoms with Crippen molar-refractivity contribution in [1.82, 2.24) is 9.55 Å². The van der Waals surface area contributed by atoms with Gasteiger partial charge in [-0.1, -0.05) is 19.6 Å². The molecule has 0 aliphatic heterocycles. The van der Waals surface area contributed by atoms with Gasteiger partial charge < -0.3 is 14.0 Å². The molecular weight excluding hydrogens is 260 g/mol. The number of carbonyl (C=O) groups excluding carboxylic acids is 1. The molecule has 19 heavy (non-hydrogen) atoms. The number of ether oxygens (including phenoxy) is 2. The predicted octanol–water partition coefficient (Wildman–Crippen LogP) is 2.68. The van der Waals surface area contributed by atoms with E-state index >= 15 is 0 Å². The number of hydrogen-bond donors (Lipinski definition) is 0. The van der Waals surface area contributed by atoms with Crippen molar-refractivity contribution in [2.24, 2.45) is 0 Å². The number of esters is 1. The highest BCUT2D eigenvalue weighted by atomic mass is 28.3. The molecule has 6 heteroatoms. The van der Waals surface area contributed by atoms with Crippen LogP contribution in [0.3, 0.4) is 0 Å². The third-order valence-corrected chi connectivity index (χ3v) is 4.29. The Morgan fingerprint density at radius 3 is 2.68 bits per heavy atom. The molecule has 108 valence electrons. The van der Waals surface area contributed by atoms with Crippen LogP contribution in [-0.2, 0) is 16.2 Å². The number of nitrogens with zero attached hydrogens (tertiary/aromatic N) is 2. The number of imidazole rings is 1. The Bertz CT molecular complexity index is 424. The molecule has 0 aliphatic carbocycles. The summed E-state index contributed by atoms with van der Waals surface area (Å²) in [4.78, 5) is 15.9. The van der Waals surface area contributed by atoms with Gasteiger partial charge in [-0.15, -0.1) is 0 Å². The van der Waals surface area contributed by atoms with E-state index in [4.69, 9.17) is 9.47 Å². The molecule has 0 aliphatic rings. The molecule has 1 heterocycles. The van der Waals surface area contributed by atoms with Gasteiger partial charge in [0, 0.05) is 20.9 Å². The molecule has 1 aromatic heterocycles. The number of rotatable bonds is 7. The van der Waals surface area contributed by atoms with E-state index in [1.807, 2.05) is 6.92 Å². The molecule has 0 aromatic carbocycles. The van der Waals surface area contributed by atoms with E-state index in [0.29, 0.717) is 19.2 Å². The lowest BCUT2D eigenvalue weighted by atomic mass is 10.6. The van der Waals surface area contributed by atoms with Crippen molar-refractivity contribution in [3.63, 3.8) is 0 Å². The van der Waals surface area contributed by atoms with E-state index in [1.54, 1.807) is 17.7 Å². The maximum Gasteiger partial charge on any atom is 0.374 e. The largest absolute Gasteiger partial charge is 0.460 e. The molecule has 0 fully saturated rings. The van der Waals surface area contributed by atoms with Crippen molar-refractivity contribution in [3.05, 3.63) is 17.7 Å². The molecule has 0 saturated heterocycles. The zero-order valence-corrected chi connectivity index (χ0v) is 13.5. The van der Waals surface area contributed by atoms with Gasteiger partial charge in [0.25, 0.3) is 0 Å². The zero-order chi connectivity index (χ0) is 14.5. The molecule has 0 saturated carbocycles. The molecule has 0 atom stereocenters. The number of hydrogen-bond acceptors (Lipinski definition) is 4. The van der Waals surface area contributed by atoms with E-state index in [-0.39, 0.29) is 0 Å². The van der Waals surface area contributed by atoms with Crippen LogP contribution in [0.15, 0.2) is 6.20 Å². The van der Waals surface area contributed by atoms with E-state index in [2.05, 4.69) is 24.6 Å². The molecule has 0 bridgehead atoms. The van der Waals surface area contributed by atoms with Crippen LogP contribution in [-0.4, -0.2) is 36.8 Å². The van der Waals surface area contributed by atoms with Crippen LogP contribution in [0.4, 0.5) is 0 Å². The van der Waals surface area contributed by atoms with Crippen LogP contribution < -0.4 is 0 Å².